The van der Waals surface area contributed by atoms with Gasteiger partial charge in [-0.25, -0.2) is 4.79 Å². The van der Waals surface area contributed by atoms with Crippen LogP contribution in [-0.2, 0) is 6.42 Å². The molecule has 0 aromatic heterocycles. The van der Waals surface area contributed by atoms with E-state index in [1.54, 1.807) is 0 Å². The third-order valence-corrected chi connectivity index (χ3v) is 4.39. The van der Waals surface area contributed by atoms with Crippen LogP contribution in [0.25, 0.3) is 0 Å². The molecule has 24 heavy (non-hydrogen) atoms. The van der Waals surface area contributed by atoms with Crippen LogP contribution in [0.5, 0.6) is 11.5 Å². The maximum absolute atomic E-state index is 12.7. The molecule has 2 aromatic carbocycles. The average molecular weight is 324 g/mol. The van der Waals surface area contributed by atoms with Gasteiger partial charge in [0, 0.05) is 24.0 Å². The molecule has 0 aliphatic carbocycles. The number of carbonyl (C=O) groups is 1. The number of amides is 2. The molecule has 2 heterocycles. The topological polar surface area (TPSA) is 50.8 Å². The van der Waals surface area contributed by atoms with Crippen LogP contribution in [0.15, 0.2) is 36.4 Å². The molecular weight excluding hydrogens is 304 g/mol. The fourth-order valence-corrected chi connectivity index (χ4v) is 3.25. The highest BCUT2D eigenvalue weighted by Gasteiger charge is 2.23. The molecule has 0 saturated heterocycles. The highest BCUT2D eigenvalue weighted by Crippen LogP contribution is 2.33. The van der Waals surface area contributed by atoms with Crippen LogP contribution in [0.2, 0.25) is 0 Å². The molecule has 2 aromatic rings. The van der Waals surface area contributed by atoms with E-state index in [0.29, 0.717) is 24.7 Å². The van der Waals surface area contributed by atoms with Gasteiger partial charge < -0.3 is 14.8 Å². The number of rotatable bonds is 1. The first-order valence-corrected chi connectivity index (χ1v) is 8.28. The second kappa shape index (κ2) is 6.07. The maximum Gasteiger partial charge on any atom is 0.326 e. The van der Waals surface area contributed by atoms with E-state index in [1.807, 2.05) is 29.2 Å². The number of nitrogens with zero attached hydrogens (tertiary/aromatic N) is 1. The van der Waals surface area contributed by atoms with Crippen molar-refractivity contribution in [2.75, 3.05) is 30.0 Å². The van der Waals surface area contributed by atoms with Gasteiger partial charge in [-0.1, -0.05) is 17.7 Å². The van der Waals surface area contributed by atoms with Gasteiger partial charge >= 0.3 is 6.03 Å². The zero-order valence-corrected chi connectivity index (χ0v) is 13.7. The summed E-state index contributed by atoms with van der Waals surface area (Å²) in [5.74, 6) is 1.40. The Labute approximate surface area is 141 Å². The third-order valence-electron chi connectivity index (χ3n) is 4.39. The number of hydrogen-bond acceptors (Lipinski definition) is 3. The minimum Gasteiger partial charge on any atom is -0.486 e. The normalized spacial score (nSPS) is 15.6. The van der Waals surface area contributed by atoms with Crippen molar-refractivity contribution in [1.29, 1.82) is 0 Å². The summed E-state index contributed by atoms with van der Waals surface area (Å²) in [4.78, 5) is 14.5. The summed E-state index contributed by atoms with van der Waals surface area (Å²) in [7, 11) is 0. The summed E-state index contributed by atoms with van der Waals surface area (Å²) in [6, 6.07) is 11.6. The van der Waals surface area contributed by atoms with E-state index in [-0.39, 0.29) is 6.03 Å². The van der Waals surface area contributed by atoms with Gasteiger partial charge in [0.2, 0.25) is 0 Å². The first-order chi connectivity index (χ1) is 11.7. The van der Waals surface area contributed by atoms with E-state index in [9.17, 15) is 4.79 Å². The number of carbonyl (C=O) groups excluding carboxylic acids is 1. The number of fused-ring (bicyclic) bond motifs is 2. The summed E-state index contributed by atoms with van der Waals surface area (Å²) < 4.78 is 11.1. The number of aryl methyl sites for hydroxylation is 2. The van der Waals surface area contributed by atoms with Crippen molar-refractivity contribution in [1.82, 2.24) is 0 Å². The lowest BCUT2D eigenvalue weighted by atomic mass is 10.00. The van der Waals surface area contributed by atoms with E-state index in [0.717, 1.165) is 30.8 Å². The van der Waals surface area contributed by atoms with Crippen molar-refractivity contribution in [2.45, 2.75) is 19.8 Å². The van der Waals surface area contributed by atoms with Crippen LogP contribution in [0.1, 0.15) is 17.5 Å². The molecule has 2 aliphatic rings. The first kappa shape index (κ1) is 14.9. The molecule has 0 spiro atoms. The molecule has 5 nitrogen and oxygen atoms in total. The summed E-state index contributed by atoms with van der Waals surface area (Å²) in [5.41, 5.74) is 4.17. The van der Waals surface area contributed by atoms with Gasteiger partial charge in [0.15, 0.2) is 11.5 Å². The van der Waals surface area contributed by atoms with Gasteiger partial charge in [0.1, 0.15) is 13.2 Å². The molecule has 1 N–H and O–H groups in total. The van der Waals surface area contributed by atoms with Gasteiger partial charge in [-0.2, -0.15) is 0 Å². The predicted molar refractivity (Wildman–Crippen MR) is 93.3 cm³/mol. The molecular formula is C19H20N2O3. The molecule has 2 aliphatic heterocycles. The molecule has 0 saturated carbocycles. The number of benzene rings is 2. The van der Waals surface area contributed by atoms with Gasteiger partial charge in [-0.05, 0) is 43.5 Å². The first-order valence-electron chi connectivity index (χ1n) is 8.28. The van der Waals surface area contributed by atoms with Crippen molar-refractivity contribution in [3.8, 4) is 11.5 Å². The third kappa shape index (κ3) is 2.77. The number of urea groups is 1. The Kier molecular flexibility index (Phi) is 3.76. The Morgan fingerprint density at radius 3 is 2.79 bits per heavy atom. The van der Waals surface area contributed by atoms with E-state index < -0.39 is 0 Å². The fraction of sp³-hybridized carbons (Fsp3) is 0.316. The number of anilines is 2. The largest absolute Gasteiger partial charge is 0.486 e. The van der Waals surface area contributed by atoms with Gasteiger partial charge in [-0.3, -0.25) is 4.90 Å². The smallest absolute Gasteiger partial charge is 0.326 e. The number of ether oxygens (including phenoxy) is 2. The second-order valence-electron chi connectivity index (χ2n) is 6.18. The lowest BCUT2D eigenvalue weighted by Crippen LogP contribution is -2.38. The van der Waals surface area contributed by atoms with Crippen molar-refractivity contribution in [3.63, 3.8) is 0 Å². The SMILES string of the molecule is Cc1ccc2c(c1)CCCN2C(=O)Nc1ccc2c(c1)OCCO2. The van der Waals surface area contributed by atoms with Crippen LogP contribution in [0.4, 0.5) is 16.2 Å². The highest BCUT2D eigenvalue weighted by molar-refractivity contribution is 6.02. The zero-order chi connectivity index (χ0) is 16.5. The van der Waals surface area contributed by atoms with Crippen molar-refractivity contribution in [3.05, 3.63) is 47.5 Å². The van der Waals surface area contributed by atoms with Gasteiger partial charge in [0.05, 0.1) is 0 Å². The van der Waals surface area contributed by atoms with Crippen LogP contribution in [-0.4, -0.2) is 25.8 Å². The Morgan fingerprint density at radius 1 is 1.08 bits per heavy atom. The lowest BCUT2D eigenvalue weighted by molar-refractivity contribution is 0.171. The second-order valence-corrected chi connectivity index (χ2v) is 6.18. The number of hydrogen-bond donors (Lipinski definition) is 1. The average Bonchev–Trinajstić information content (AvgIpc) is 2.60. The van der Waals surface area contributed by atoms with Crippen molar-refractivity contribution >= 4 is 17.4 Å². The highest BCUT2D eigenvalue weighted by atomic mass is 16.6. The van der Waals surface area contributed by atoms with Crippen LogP contribution in [0.3, 0.4) is 0 Å². The monoisotopic (exact) mass is 324 g/mol. The Bertz CT molecular complexity index is 788. The fourth-order valence-electron chi connectivity index (χ4n) is 3.25. The standard InChI is InChI=1S/C19H20N2O3/c1-13-4-6-16-14(11-13)3-2-8-21(16)19(22)20-15-5-7-17-18(12-15)24-10-9-23-17/h4-7,11-12H,2-3,8-10H2,1H3,(H,20,22). The molecule has 0 bridgehead atoms. The molecule has 5 heteroatoms. The quantitative estimate of drug-likeness (QED) is 0.869. The summed E-state index contributed by atoms with van der Waals surface area (Å²) in [6.45, 7) is 3.90. The molecule has 4 rings (SSSR count). The van der Waals surface area contributed by atoms with Gasteiger partial charge in [0.25, 0.3) is 0 Å². The Morgan fingerprint density at radius 2 is 1.92 bits per heavy atom. The Balaban J connectivity index is 1.55. The minimum atomic E-state index is -0.114. The molecule has 0 fully saturated rings. The summed E-state index contributed by atoms with van der Waals surface area (Å²) in [6.07, 6.45) is 2.00. The maximum atomic E-state index is 12.7. The van der Waals surface area contributed by atoms with Crippen molar-refractivity contribution < 1.29 is 14.3 Å². The van der Waals surface area contributed by atoms with E-state index in [4.69, 9.17) is 9.47 Å². The summed E-state index contributed by atoms with van der Waals surface area (Å²) in [5, 5.41) is 2.97. The van der Waals surface area contributed by atoms with E-state index in [1.165, 1.54) is 11.1 Å². The van der Waals surface area contributed by atoms with Crippen LogP contribution >= 0.6 is 0 Å². The summed E-state index contributed by atoms with van der Waals surface area (Å²) >= 11 is 0. The molecule has 0 atom stereocenters. The van der Waals surface area contributed by atoms with Crippen LogP contribution < -0.4 is 19.7 Å². The molecule has 0 unspecified atom stereocenters. The van der Waals surface area contributed by atoms with Crippen LogP contribution in [0, 0.1) is 6.92 Å². The molecule has 124 valence electrons. The van der Waals surface area contributed by atoms with E-state index >= 15 is 0 Å². The lowest BCUT2D eigenvalue weighted by Gasteiger charge is -2.30. The molecule has 0 radical (unpaired) electrons. The van der Waals surface area contributed by atoms with E-state index in [2.05, 4.69) is 24.4 Å². The number of nitrogens with one attached hydrogen (secondary N) is 1. The predicted octanol–water partition coefficient (Wildman–Crippen LogP) is 3.75. The molecule has 2 amide bonds. The van der Waals surface area contributed by atoms with Crippen molar-refractivity contribution in [2.24, 2.45) is 0 Å². The zero-order valence-electron chi connectivity index (χ0n) is 13.7. The Hall–Kier alpha value is -2.69. The minimum absolute atomic E-state index is 0.114. The van der Waals surface area contributed by atoms with Gasteiger partial charge in [-0.15, -0.1) is 0 Å².